The van der Waals surface area contributed by atoms with Gasteiger partial charge in [-0.05, 0) is 59.5 Å². The maximum atomic E-state index is 12.8. The predicted molar refractivity (Wildman–Crippen MR) is 154 cm³/mol. The molecule has 0 aliphatic carbocycles. The van der Waals surface area contributed by atoms with Crippen LogP contribution in [0.25, 0.3) is 5.57 Å². The van der Waals surface area contributed by atoms with Gasteiger partial charge in [0.25, 0.3) is 0 Å². The van der Waals surface area contributed by atoms with Gasteiger partial charge in [-0.3, -0.25) is 9.78 Å². The molecule has 2 aromatic carbocycles. The van der Waals surface area contributed by atoms with Gasteiger partial charge in [0.15, 0.2) is 0 Å². The summed E-state index contributed by atoms with van der Waals surface area (Å²) in [6.45, 7) is 0. The van der Waals surface area contributed by atoms with E-state index in [-0.39, 0.29) is 11.3 Å². The van der Waals surface area contributed by atoms with Crippen LogP contribution in [0.2, 0.25) is 0 Å². The number of anilines is 1. The number of methoxy groups -OCH3 is 2. The summed E-state index contributed by atoms with van der Waals surface area (Å²) < 4.78 is 12.8. The number of aromatic nitrogens is 2. The number of benzene rings is 2. The second kappa shape index (κ2) is 11.9. The Balaban J connectivity index is 1.31. The number of carbonyl (C=O) groups excluding carboxylic acids is 1. The maximum absolute atomic E-state index is 12.8. The Morgan fingerprint density at radius 3 is 2.47 bits per heavy atom. The van der Waals surface area contributed by atoms with Crippen LogP contribution in [0.15, 0.2) is 104 Å². The molecule has 192 valence electrons. The van der Waals surface area contributed by atoms with E-state index in [1.54, 1.807) is 26.5 Å². The van der Waals surface area contributed by atoms with Gasteiger partial charge in [-0.2, -0.15) is 0 Å². The molecule has 0 saturated carbocycles. The Morgan fingerprint density at radius 1 is 1.05 bits per heavy atom. The number of hydrogen-bond acceptors (Lipinski definition) is 5. The molecular formula is C31H29N3O3S. The van der Waals surface area contributed by atoms with Crippen molar-refractivity contribution < 1.29 is 14.3 Å². The average Bonchev–Trinajstić information content (AvgIpc) is 3.56. The maximum Gasteiger partial charge on any atom is 0.248 e. The van der Waals surface area contributed by atoms with Crippen LogP contribution in [0, 0.1) is 0 Å². The second-order valence-electron chi connectivity index (χ2n) is 8.83. The fourth-order valence-electron chi connectivity index (χ4n) is 4.43. The number of nitrogens with one attached hydrogen (secondary N) is 1. The number of thioether (sulfide) groups is 1. The zero-order valence-electron chi connectivity index (χ0n) is 21.3. The van der Waals surface area contributed by atoms with Crippen LogP contribution in [0.1, 0.15) is 27.8 Å². The topological polar surface area (TPSA) is 65.4 Å². The van der Waals surface area contributed by atoms with Gasteiger partial charge in [0, 0.05) is 36.0 Å². The molecule has 1 atom stereocenters. The summed E-state index contributed by atoms with van der Waals surface area (Å²) in [5.74, 6) is 2.29. The number of amides is 1. The van der Waals surface area contributed by atoms with E-state index in [2.05, 4.69) is 33.1 Å². The van der Waals surface area contributed by atoms with Crippen molar-refractivity contribution in [2.45, 2.75) is 17.5 Å². The Morgan fingerprint density at radius 2 is 1.79 bits per heavy atom. The average molecular weight is 524 g/mol. The van der Waals surface area contributed by atoms with Crippen molar-refractivity contribution in [3.8, 4) is 11.5 Å². The molecule has 6 nitrogen and oxygen atoms in total. The monoisotopic (exact) mass is 523 g/mol. The molecule has 1 amide bonds. The Kier molecular flexibility index (Phi) is 7.95. The van der Waals surface area contributed by atoms with Gasteiger partial charge < -0.3 is 19.4 Å². The largest absolute Gasteiger partial charge is 0.497 e. The minimum Gasteiger partial charge on any atom is -0.497 e. The fraction of sp³-hybridized carbons (Fsp3) is 0.161. The van der Waals surface area contributed by atoms with Crippen molar-refractivity contribution in [1.29, 1.82) is 0 Å². The molecule has 4 aromatic rings. The van der Waals surface area contributed by atoms with Crippen molar-refractivity contribution in [2.75, 3.05) is 19.5 Å². The number of hydrogen-bond donors (Lipinski definition) is 1. The van der Waals surface area contributed by atoms with Gasteiger partial charge in [0.1, 0.15) is 16.9 Å². The summed E-state index contributed by atoms with van der Waals surface area (Å²) in [5, 5.41) is 3.22. The van der Waals surface area contributed by atoms with Crippen molar-refractivity contribution in [3.05, 3.63) is 126 Å². The second-order valence-corrected chi connectivity index (χ2v) is 9.90. The smallest absolute Gasteiger partial charge is 0.248 e. The molecule has 0 bridgehead atoms. The van der Waals surface area contributed by atoms with Gasteiger partial charge in [-0.25, -0.2) is 0 Å². The zero-order valence-corrected chi connectivity index (χ0v) is 22.2. The van der Waals surface area contributed by atoms with Gasteiger partial charge >= 0.3 is 0 Å². The van der Waals surface area contributed by atoms with Crippen LogP contribution in [0.4, 0.5) is 5.69 Å². The van der Waals surface area contributed by atoms with E-state index >= 15 is 0 Å². The molecule has 0 unspecified atom stereocenters. The third-order valence-corrected chi connectivity index (χ3v) is 7.70. The summed E-state index contributed by atoms with van der Waals surface area (Å²) in [6, 6.07) is 22.0. The number of ether oxygens (including phenoxy) is 2. The minimum atomic E-state index is -0.163. The third kappa shape index (κ3) is 5.84. The predicted octanol–water partition coefficient (Wildman–Crippen LogP) is 6.52. The number of nitrogens with zero attached hydrogens (tertiary/aromatic N) is 2. The molecule has 0 spiro atoms. The van der Waals surface area contributed by atoms with Crippen molar-refractivity contribution in [1.82, 2.24) is 9.55 Å². The Hall–Kier alpha value is -4.23. The number of rotatable bonds is 9. The lowest BCUT2D eigenvalue weighted by Crippen LogP contribution is -2.09. The zero-order chi connectivity index (χ0) is 26.3. The first kappa shape index (κ1) is 25.4. The molecule has 2 aromatic heterocycles. The lowest BCUT2D eigenvalue weighted by Gasteiger charge is -2.11. The highest BCUT2D eigenvalue weighted by Crippen LogP contribution is 2.43. The quantitative estimate of drug-likeness (QED) is 0.200. The lowest BCUT2D eigenvalue weighted by atomic mass is 9.97. The van der Waals surface area contributed by atoms with E-state index in [9.17, 15) is 4.79 Å². The highest BCUT2D eigenvalue weighted by atomic mass is 32.2. The summed E-state index contributed by atoms with van der Waals surface area (Å²) >= 11 is 1.82. The van der Waals surface area contributed by atoms with Crippen LogP contribution in [0.5, 0.6) is 11.5 Å². The summed E-state index contributed by atoms with van der Waals surface area (Å²) in [7, 11) is 3.32. The van der Waals surface area contributed by atoms with Gasteiger partial charge in [-0.1, -0.05) is 42.5 Å². The molecule has 5 rings (SSSR count). The van der Waals surface area contributed by atoms with E-state index in [4.69, 9.17) is 9.47 Å². The third-order valence-electron chi connectivity index (χ3n) is 6.44. The molecule has 7 heteroatoms. The van der Waals surface area contributed by atoms with Gasteiger partial charge in [0.05, 0.1) is 25.6 Å². The molecule has 38 heavy (non-hydrogen) atoms. The first-order valence-electron chi connectivity index (χ1n) is 12.3. The minimum absolute atomic E-state index is 0.163. The number of carbonyl (C=O) groups is 1. The SMILES string of the molecule is COc1ccc(CC(=CC=CC(=O)Nc2ccn3c2CS[C@@H]3c2cccnc2)c2ccc(OC)cc2)cc1. The fourth-order valence-corrected chi connectivity index (χ4v) is 5.74. The van der Waals surface area contributed by atoms with Crippen molar-refractivity contribution in [3.63, 3.8) is 0 Å². The Bertz CT molecular complexity index is 1440. The number of allylic oxidation sites excluding steroid dienone is 3. The first-order valence-corrected chi connectivity index (χ1v) is 13.4. The van der Waals surface area contributed by atoms with Crippen LogP contribution >= 0.6 is 11.8 Å². The Labute approximate surface area is 227 Å². The molecule has 0 radical (unpaired) electrons. The summed E-state index contributed by atoms with van der Waals surface area (Å²) in [5.41, 5.74) is 6.40. The molecule has 0 fully saturated rings. The van der Waals surface area contributed by atoms with Crippen molar-refractivity contribution in [2.24, 2.45) is 0 Å². The van der Waals surface area contributed by atoms with Gasteiger partial charge in [-0.15, -0.1) is 11.8 Å². The van der Waals surface area contributed by atoms with Crippen LogP contribution < -0.4 is 14.8 Å². The molecule has 1 aliphatic heterocycles. The molecule has 1 aliphatic rings. The summed E-state index contributed by atoms with van der Waals surface area (Å²) in [6.07, 6.45) is 11.8. The van der Waals surface area contributed by atoms with E-state index in [1.807, 2.05) is 84.8 Å². The normalized spacial score (nSPS) is 14.9. The van der Waals surface area contributed by atoms with Crippen LogP contribution in [0.3, 0.4) is 0 Å². The number of pyridine rings is 1. The molecule has 1 N–H and O–H groups in total. The molecule has 3 heterocycles. The van der Waals surface area contributed by atoms with Crippen LogP contribution in [-0.2, 0) is 17.0 Å². The van der Waals surface area contributed by atoms with Crippen LogP contribution in [-0.4, -0.2) is 29.7 Å². The van der Waals surface area contributed by atoms with Gasteiger partial charge in [0.2, 0.25) is 5.91 Å². The molecular weight excluding hydrogens is 494 g/mol. The highest BCUT2D eigenvalue weighted by Gasteiger charge is 2.26. The van der Waals surface area contributed by atoms with E-state index in [0.29, 0.717) is 6.42 Å². The van der Waals surface area contributed by atoms with E-state index in [1.165, 1.54) is 0 Å². The molecule has 0 saturated heterocycles. The lowest BCUT2D eigenvalue weighted by molar-refractivity contribution is -0.111. The summed E-state index contributed by atoms with van der Waals surface area (Å²) in [4.78, 5) is 17.1. The number of fused-ring (bicyclic) bond motifs is 1. The van der Waals surface area contributed by atoms with E-state index < -0.39 is 0 Å². The highest BCUT2D eigenvalue weighted by molar-refractivity contribution is 7.99. The van der Waals surface area contributed by atoms with E-state index in [0.717, 1.165) is 50.9 Å². The van der Waals surface area contributed by atoms with Crippen molar-refractivity contribution >= 4 is 28.9 Å². The standard InChI is InChI=1S/C31H29N3O3S/c1-36-26-12-8-22(9-13-26)19-24(23-10-14-27(37-2)15-11-23)5-3-7-30(35)33-28-16-18-34-29(28)21-38-31(34)25-6-4-17-32-20-25/h3-18,20,31H,19,21H2,1-2H3,(H,33,35)/t31-/m1/s1. The first-order chi connectivity index (χ1) is 18.6.